The molecule has 6 aromatic heterocycles. The summed E-state index contributed by atoms with van der Waals surface area (Å²) in [5.41, 5.74) is 2.99. The molecule has 15 heteroatoms. The highest BCUT2D eigenvalue weighted by Crippen LogP contribution is 2.19. The molecular formula is C18H13F3N12. The standard InChI is InChI=1S/C10H7F3N6.C8H6N6/c11-10(12,13)6-19-16-9(15-17-19)7-1-3-18-4-2-14-8(18)5-7;1-3-14-4-2-9-7(14)5-6(1)8-10-12-13-11-8/h1-5H,6H2;1-5H,(H,10,11,12,13). The number of fused-ring (bicyclic) bond motifs is 2. The molecule has 6 rings (SSSR count). The zero-order valence-electron chi connectivity index (χ0n) is 16.5. The van der Waals surface area contributed by atoms with Crippen molar-refractivity contribution in [2.24, 2.45) is 0 Å². The number of halogens is 3. The van der Waals surface area contributed by atoms with Crippen molar-refractivity contribution >= 4 is 11.3 Å². The number of alkyl halides is 3. The Morgan fingerprint density at radius 2 is 1.45 bits per heavy atom. The molecule has 12 nitrogen and oxygen atoms in total. The molecule has 0 radical (unpaired) electrons. The maximum atomic E-state index is 12.2. The molecule has 6 heterocycles. The number of H-pyrrole nitrogens is 1. The molecule has 0 fully saturated rings. The van der Waals surface area contributed by atoms with Gasteiger partial charge < -0.3 is 8.80 Å². The van der Waals surface area contributed by atoms with Gasteiger partial charge in [0.2, 0.25) is 11.6 Å². The van der Waals surface area contributed by atoms with Crippen LogP contribution in [0.4, 0.5) is 13.2 Å². The minimum atomic E-state index is -4.37. The number of hydrogen-bond donors (Lipinski definition) is 1. The minimum Gasteiger partial charge on any atom is -0.307 e. The average molecular weight is 454 g/mol. The molecule has 0 aliphatic rings. The van der Waals surface area contributed by atoms with Crippen molar-refractivity contribution in [3.05, 3.63) is 61.4 Å². The summed E-state index contributed by atoms with van der Waals surface area (Å²) < 4.78 is 40.2. The summed E-state index contributed by atoms with van der Waals surface area (Å²) in [5, 5.41) is 24.4. The minimum absolute atomic E-state index is 0.134. The van der Waals surface area contributed by atoms with E-state index in [-0.39, 0.29) is 5.82 Å². The molecule has 0 aliphatic carbocycles. The molecule has 0 spiro atoms. The predicted molar refractivity (Wildman–Crippen MR) is 106 cm³/mol. The fourth-order valence-electron chi connectivity index (χ4n) is 2.97. The lowest BCUT2D eigenvalue weighted by molar-refractivity contribution is -0.145. The van der Waals surface area contributed by atoms with E-state index in [9.17, 15) is 13.2 Å². The van der Waals surface area contributed by atoms with Crippen LogP contribution in [0.3, 0.4) is 0 Å². The largest absolute Gasteiger partial charge is 0.409 e. The summed E-state index contributed by atoms with van der Waals surface area (Å²) in [6.45, 7) is -1.26. The first-order valence-electron chi connectivity index (χ1n) is 9.39. The molecule has 166 valence electrons. The summed E-state index contributed by atoms with van der Waals surface area (Å²) in [6, 6.07) is 7.18. The highest BCUT2D eigenvalue weighted by molar-refractivity contribution is 5.61. The van der Waals surface area contributed by atoms with Gasteiger partial charge in [-0.2, -0.15) is 23.2 Å². The van der Waals surface area contributed by atoms with Gasteiger partial charge in [-0.25, -0.2) is 9.97 Å². The van der Waals surface area contributed by atoms with Crippen LogP contribution in [0.5, 0.6) is 0 Å². The Balaban J connectivity index is 0.000000144. The van der Waals surface area contributed by atoms with Crippen molar-refractivity contribution in [3.8, 4) is 22.8 Å². The van der Waals surface area contributed by atoms with Gasteiger partial charge in [-0.15, -0.1) is 20.4 Å². The van der Waals surface area contributed by atoms with Gasteiger partial charge in [0.1, 0.15) is 11.3 Å². The molecule has 0 atom stereocenters. The molecule has 0 saturated heterocycles. The lowest BCUT2D eigenvalue weighted by atomic mass is 10.2. The number of tetrazole rings is 2. The molecular weight excluding hydrogens is 441 g/mol. The first-order chi connectivity index (χ1) is 15.9. The van der Waals surface area contributed by atoms with Gasteiger partial charge in [-0.3, -0.25) is 0 Å². The van der Waals surface area contributed by atoms with Crippen LogP contribution in [-0.2, 0) is 6.54 Å². The van der Waals surface area contributed by atoms with Gasteiger partial charge in [-0.1, -0.05) is 0 Å². The van der Waals surface area contributed by atoms with E-state index < -0.39 is 12.7 Å². The van der Waals surface area contributed by atoms with E-state index in [1.165, 1.54) is 0 Å². The first kappa shape index (κ1) is 20.2. The molecule has 0 saturated carbocycles. The van der Waals surface area contributed by atoms with Gasteiger partial charge >= 0.3 is 6.18 Å². The molecule has 0 aromatic carbocycles. The number of imidazole rings is 2. The fourth-order valence-corrected chi connectivity index (χ4v) is 2.97. The number of nitrogens with zero attached hydrogens (tertiary/aromatic N) is 11. The lowest BCUT2D eigenvalue weighted by Gasteiger charge is -2.02. The zero-order chi connectivity index (χ0) is 22.8. The van der Waals surface area contributed by atoms with Gasteiger partial charge in [0.15, 0.2) is 6.54 Å². The third-order valence-electron chi connectivity index (χ3n) is 4.43. The van der Waals surface area contributed by atoms with Gasteiger partial charge in [0.25, 0.3) is 0 Å². The number of hydrogen-bond acceptors (Lipinski definition) is 8. The molecule has 33 heavy (non-hydrogen) atoms. The van der Waals surface area contributed by atoms with Crippen LogP contribution in [0.25, 0.3) is 34.1 Å². The third kappa shape index (κ3) is 4.51. The van der Waals surface area contributed by atoms with Crippen molar-refractivity contribution in [1.82, 2.24) is 59.6 Å². The fraction of sp³-hybridized carbons (Fsp3) is 0.111. The molecule has 1 N–H and O–H groups in total. The Morgan fingerprint density at radius 3 is 2.03 bits per heavy atom. The van der Waals surface area contributed by atoms with E-state index in [0.29, 0.717) is 21.8 Å². The van der Waals surface area contributed by atoms with Gasteiger partial charge in [-0.05, 0) is 34.7 Å². The molecule has 0 aliphatic heterocycles. The normalized spacial score (nSPS) is 11.6. The third-order valence-corrected chi connectivity index (χ3v) is 4.43. The van der Waals surface area contributed by atoms with Gasteiger partial charge in [0.05, 0.1) is 0 Å². The second-order valence-electron chi connectivity index (χ2n) is 6.71. The topological polar surface area (TPSA) is 133 Å². The monoisotopic (exact) mass is 454 g/mol. The SMILES string of the molecule is FC(F)(F)Cn1nnc(-c2ccn3ccnc3c2)n1.c1cn2ccc(-c3nn[nH]n3)cc2n1. The van der Waals surface area contributed by atoms with E-state index in [1.54, 1.807) is 41.3 Å². The van der Waals surface area contributed by atoms with Crippen molar-refractivity contribution < 1.29 is 13.2 Å². The predicted octanol–water partition coefficient (Wildman–Crippen LogP) is 2.06. The summed E-state index contributed by atoms with van der Waals surface area (Å²) in [7, 11) is 0. The van der Waals surface area contributed by atoms with Crippen molar-refractivity contribution in [2.45, 2.75) is 12.7 Å². The summed E-state index contributed by atoms with van der Waals surface area (Å²) in [6.07, 6.45) is 6.27. The quantitative estimate of drug-likeness (QED) is 0.430. The lowest BCUT2D eigenvalue weighted by Crippen LogP contribution is -2.19. The summed E-state index contributed by atoms with van der Waals surface area (Å²) >= 11 is 0. The molecule has 0 amide bonds. The van der Waals surface area contributed by atoms with E-state index in [2.05, 4.69) is 46.0 Å². The second kappa shape index (κ2) is 8.10. The van der Waals surface area contributed by atoms with E-state index in [1.807, 2.05) is 28.9 Å². The van der Waals surface area contributed by atoms with Crippen LogP contribution in [0, 0.1) is 0 Å². The Labute approximate surface area is 181 Å². The molecule has 0 unspecified atom stereocenters. The van der Waals surface area contributed by atoms with Crippen molar-refractivity contribution in [2.75, 3.05) is 0 Å². The number of nitrogens with one attached hydrogen (secondary N) is 1. The van der Waals surface area contributed by atoms with Crippen LogP contribution in [0.2, 0.25) is 0 Å². The van der Waals surface area contributed by atoms with E-state index in [0.717, 1.165) is 11.2 Å². The van der Waals surface area contributed by atoms with Crippen LogP contribution < -0.4 is 0 Å². The molecule has 0 bridgehead atoms. The van der Waals surface area contributed by atoms with Crippen LogP contribution in [0.15, 0.2) is 61.4 Å². The maximum Gasteiger partial charge on any atom is 0.409 e. The highest BCUT2D eigenvalue weighted by Gasteiger charge is 2.29. The summed E-state index contributed by atoms with van der Waals surface area (Å²) in [5.74, 6) is 0.713. The average Bonchev–Trinajstić information content (AvgIpc) is 3.59. The zero-order valence-corrected chi connectivity index (χ0v) is 16.5. The Morgan fingerprint density at radius 1 is 0.818 bits per heavy atom. The Bertz CT molecular complexity index is 1500. The van der Waals surface area contributed by atoms with E-state index >= 15 is 0 Å². The number of rotatable bonds is 3. The number of pyridine rings is 2. The van der Waals surface area contributed by atoms with Crippen LogP contribution in [0.1, 0.15) is 0 Å². The van der Waals surface area contributed by atoms with Gasteiger partial charge in [0, 0.05) is 48.3 Å². The summed E-state index contributed by atoms with van der Waals surface area (Å²) in [4.78, 5) is 8.76. The smallest absolute Gasteiger partial charge is 0.307 e. The molecule has 6 aromatic rings. The highest BCUT2D eigenvalue weighted by atomic mass is 19.4. The van der Waals surface area contributed by atoms with Crippen molar-refractivity contribution in [3.63, 3.8) is 0 Å². The first-order valence-corrected chi connectivity index (χ1v) is 9.39. The van der Waals surface area contributed by atoms with Crippen LogP contribution in [-0.4, -0.2) is 65.8 Å². The maximum absolute atomic E-state index is 12.2. The van der Waals surface area contributed by atoms with Crippen molar-refractivity contribution in [1.29, 1.82) is 0 Å². The second-order valence-corrected chi connectivity index (χ2v) is 6.71. The number of aromatic nitrogens is 12. The number of aromatic amines is 1. The Kier molecular flexibility index (Phi) is 4.96. The van der Waals surface area contributed by atoms with Crippen LogP contribution >= 0.6 is 0 Å². The van der Waals surface area contributed by atoms with E-state index in [4.69, 9.17) is 0 Å². The Hall–Kier alpha value is -4.69.